The summed E-state index contributed by atoms with van der Waals surface area (Å²) in [6, 6.07) is 0.539. The molecular weight excluding hydrogens is 218 g/mol. The van der Waals surface area contributed by atoms with Gasteiger partial charge >= 0.3 is 5.97 Å². The van der Waals surface area contributed by atoms with Gasteiger partial charge in [-0.3, -0.25) is 4.79 Å². The van der Waals surface area contributed by atoms with Gasteiger partial charge in [-0.1, -0.05) is 0 Å². The summed E-state index contributed by atoms with van der Waals surface area (Å²) in [7, 11) is 1.71. The maximum absolute atomic E-state index is 11.9. The zero-order chi connectivity index (χ0) is 12.7. The number of carbonyl (C=O) groups is 1. The van der Waals surface area contributed by atoms with E-state index in [4.69, 9.17) is 9.47 Å². The van der Waals surface area contributed by atoms with Gasteiger partial charge in [-0.15, -0.1) is 0 Å². The third-order valence-electron chi connectivity index (χ3n) is 3.86. The molecule has 0 spiro atoms. The minimum atomic E-state index is -0.414. The van der Waals surface area contributed by atoms with Crippen molar-refractivity contribution < 1.29 is 14.3 Å². The fourth-order valence-corrected chi connectivity index (χ4v) is 3.11. The Morgan fingerprint density at radius 3 is 2.71 bits per heavy atom. The molecule has 0 bridgehead atoms. The van der Waals surface area contributed by atoms with E-state index in [0.717, 1.165) is 19.4 Å². The summed E-state index contributed by atoms with van der Waals surface area (Å²) in [5.74, 6) is 0.324. The lowest BCUT2D eigenvalue weighted by atomic mass is 9.64. The average molecular weight is 241 g/mol. The highest BCUT2D eigenvalue weighted by Gasteiger charge is 2.57. The van der Waals surface area contributed by atoms with Gasteiger partial charge in [0, 0.05) is 19.1 Å². The molecule has 4 nitrogen and oxygen atoms in total. The summed E-state index contributed by atoms with van der Waals surface area (Å²) in [6.07, 6.45) is 2.40. The molecular formula is C13H23NO3. The van der Waals surface area contributed by atoms with Crippen molar-refractivity contribution in [3.05, 3.63) is 0 Å². The van der Waals surface area contributed by atoms with Crippen molar-refractivity contribution in [1.29, 1.82) is 0 Å². The normalized spacial score (nSPS) is 36.2. The summed E-state index contributed by atoms with van der Waals surface area (Å²) in [5, 5.41) is 3.43. The average Bonchev–Trinajstić information content (AvgIpc) is 2.54. The van der Waals surface area contributed by atoms with E-state index in [9.17, 15) is 4.79 Å². The van der Waals surface area contributed by atoms with E-state index in [1.807, 2.05) is 20.8 Å². The largest absolute Gasteiger partial charge is 0.460 e. The molecule has 0 amide bonds. The number of hydrogen-bond donors (Lipinski definition) is 1. The van der Waals surface area contributed by atoms with Gasteiger partial charge < -0.3 is 14.8 Å². The Morgan fingerprint density at radius 2 is 2.18 bits per heavy atom. The van der Waals surface area contributed by atoms with E-state index in [-0.39, 0.29) is 11.6 Å². The Labute approximate surface area is 103 Å². The van der Waals surface area contributed by atoms with E-state index in [0.29, 0.717) is 18.4 Å². The molecule has 0 aromatic carbocycles. The zero-order valence-electron chi connectivity index (χ0n) is 11.2. The molecule has 2 rings (SSSR count). The number of fused-ring (bicyclic) bond motifs is 1. The summed E-state index contributed by atoms with van der Waals surface area (Å²) < 4.78 is 11.0. The second kappa shape index (κ2) is 4.25. The van der Waals surface area contributed by atoms with Crippen LogP contribution in [0.4, 0.5) is 0 Å². The van der Waals surface area contributed by atoms with Crippen molar-refractivity contribution >= 4 is 5.97 Å². The second-order valence-corrected chi connectivity index (χ2v) is 6.19. The molecule has 1 aliphatic carbocycles. The third kappa shape index (κ3) is 2.47. The number of esters is 1. The highest BCUT2D eigenvalue weighted by molar-refractivity contribution is 5.71. The van der Waals surface area contributed by atoms with E-state index in [1.54, 1.807) is 7.11 Å². The van der Waals surface area contributed by atoms with Gasteiger partial charge in [0.25, 0.3) is 0 Å². The van der Waals surface area contributed by atoms with Gasteiger partial charge in [0.1, 0.15) is 5.60 Å². The molecule has 1 saturated heterocycles. The molecule has 3 atom stereocenters. The number of nitrogens with one attached hydrogen (secondary N) is 1. The van der Waals surface area contributed by atoms with Crippen LogP contribution in [0.3, 0.4) is 0 Å². The van der Waals surface area contributed by atoms with Crippen LogP contribution in [0, 0.1) is 5.92 Å². The van der Waals surface area contributed by atoms with E-state index in [2.05, 4.69) is 5.32 Å². The van der Waals surface area contributed by atoms with Crippen LogP contribution in [0.25, 0.3) is 0 Å². The van der Waals surface area contributed by atoms with E-state index >= 15 is 0 Å². The second-order valence-electron chi connectivity index (χ2n) is 6.19. The lowest BCUT2D eigenvalue weighted by Crippen LogP contribution is -2.60. The van der Waals surface area contributed by atoms with Gasteiger partial charge in [-0.25, -0.2) is 0 Å². The van der Waals surface area contributed by atoms with Gasteiger partial charge in [-0.05, 0) is 40.2 Å². The van der Waals surface area contributed by atoms with Crippen LogP contribution in [0.2, 0.25) is 0 Å². The van der Waals surface area contributed by atoms with Gasteiger partial charge in [0.2, 0.25) is 0 Å². The molecule has 1 aliphatic heterocycles. The minimum absolute atomic E-state index is 0.148. The molecule has 0 aromatic heterocycles. The van der Waals surface area contributed by atoms with Crippen molar-refractivity contribution in [1.82, 2.24) is 5.32 Å². The van der Waals surface area contributed by atoms with Crippen LogP contribution in [0.15, 0.2) is 0 Å². The molecule has 0 aromatic rings. The Morgan fingerprint density at radius 1 is 1.47 bits per heavy atom. The zero-order valence-corrected chi connectivity index (χ0v) is 11.2. The lowest BCUT2D eigenvalue weighted by Gasteiger charge is -2.50. The molecule has 1 saturated carbocycles. The molecule has 1 N–H and O–H groups in total. The fraction of sp³-hybridized carbons (Fsp3) is 0.923. The number of rotatable bonds is 3. The lowest BCUT2D eigenvalue weighted by molar-refractivity contribution is -0.177. The standard InChI is InChI=1S/C13H23NO3/c1-12(2,3)17-11(15)8-13(16-4)7-10-9(13)5-6-14-10/h9-10,14H,5-8H2,1-4H3/t9-,10-,13+/m0/s1. The monoisotopic (exact) mass is 241 g/mol. The van der Waals surface area contributed by atoms with Crippen LogP contribution < -0.4 is 5.32 Å². The first-order valence-corrected chi connectivity index (χ1v) is 6.37. The fourth-order valence-electron chi connectivity index (χ4n) is 3.11. The Kier molecular flexibility index (Phi) is 3.21. The number of methoxy groups -OCH3 is 1. The van der Waals surface area contributed by atoms with Crippen molar-refractivity contribution in [2.75, 3.05) is 13.7 Å². The molecule has 17 heavy (non-hydrogen) atoms. The summed E-state index contributed by atoms with van der Waals surface area (Å²) >= 11 is 0. The van der Waals surface area contributed by atoms with Crippen molar-refractivity contribution in [2.24, 2.45) is 5.92 Å². The number of hydrogen-bond acceptors (Lipinski definition) is 4. The Bertz CT molecular complexity index is 310. The first-order valence-electron chi connectivity index (χ1n) is 6.37. The van der Waals surface area contributed by atoms with E-state index in [1.165, 1.54) is 0 Å². The van der Waals surface area contributed by atoms with Crippen molar-refractivity contribution in [3.8, 4) is 0 Å². The predicted octanol–water partition coefficient (Wildman–Crippen LogP) is 1.49. The molecule has 98 valence electrons. The Balaban J connectivity index is 1.94. The van der Waals surface area contributed by atoms with Crippen LogP contribution in [-0.4, -0.2) is 36.9 Å². The first kappa shape index (κ1) is 12.8. The maximum Gasteiger partial charge on any atom is 0.309 e. The minimum Gasteiger partial charge on any atom is -0.460 e. The van der Waals surface area contributed by atoms with Crippen molar-refractivity contribution in [3.63, 3.8) is 0 Å². The summed E-state index contributed by atoms with van der Waals surface area (Å²) in [6.45, 7) is 6.72. The summed E-state index contributed by atoms with van der Waals surface area (Å²) in [5.41, 5.74) is -0.695. The maximum atomic E-state index is 11.9. The SMILES string of the molecule is CO[C@@]1(CC(=O)OC(C)(C)C)C[C@@H]2NCC[C@@H]21. The van der Waals surface area contributed by atoms with Crippen LogP contribution in [0.5, 0.6) is 0 Å². The van der Waals surface area contributed by atoms with Crippen LogP contribution in [0.1, 0.15) is 40.0 Å². The molecule has 0 radical (unpaired) electrons. The quantitative estimate of drug-likeness (QED) is 0.760. The molecule has 0 unspecified atom stereocenters. The predicted molar refractivity (Wildman–Crippen MR) is 64.7 cm³/mol. The van der Waals surface area contributed by atoms with Crippen molar-refractivity contribution in [2.45, 2.75) is 57.3 Å². The highest BCUT2D eigenvalue weighted by atomic mass is 16.6. The third-order valence-corrected chi connectivity index (χ3v) is 3.86. The molecule has 4 heteroatoms. The van der Waals surface area contributed by atoms with Crippen LogP contribution >= 0.6 is 0 Å². The molecule has 1 heterocycles. The topological polar surface area (TPSA) is 47.6 Å². The van der Waals surface area contributed by atoms with Gasteiger partial charge in [0.15, 0.2) is 0 Å². The van der Waals surface area contributed by atoms with Gasteiger partial charge in [0.05, 0.1) is 12.0 Å². The smallest absolute Gasteiger partial charge is 0.309 e. The van der Waals surface area contributed by atoms with Crippen LogP contribution in [-0.2, 0) is 14.3 Å². The molecule has 2 fully saturated rings. The highest BCUT2D eigenvalue weighted by Crippen LogP contribution is 2.48. The molecule has 2 aliphatic rings. The van der Waals surface area contributed by atoms with Gasteiger partial charge in [-0.2, -0.15) is 0 Å². The number of carbonyl (C=O) groups excluding carboxylic acids is 1. The number of ether oxygens (including phenoxy) is 2. The van der Waals surface area contributed by atoms with E-state index < -0.39 is 5.60 Å². The first-order chi connectivity index (χ1) is 7.86. The Hall–Kier alpha value is -0.610. The summed E-state index contributed by atoms with van der Waals surface area (Å²) in [4.78, 5) is 11.9.